The molecule has 0 unspecified atom stereocenters. The molecule has 6 heteroatoms. The topological polar surface area (TPSA) is 59.8 Å². The molecule has 0 atom stereocenters. The molecule has 136 valence electrons. The molecule has 0 aliphatic carbocycles. The quantitative estimate of drug-likeness (QED) is 0.699. The monoisotopic (exact) mass is 368 g/mol. The lowest BCUT2D eigenvalue weighted by molar-refractivity contribution is 0.102. The molecule has 3 rings (SSSR count). The van der Waals surface area contributed by atoms with Crippen molar-refractivity contribution in [1.29, 1.82) is 0 Å². The highest BCUT2D eigenvalue weighted by Gasteiger charge is 2.16. The molecular formula is C20H24N4OS. The van der Waals surface area contributed by atoms with Gasteiger partial charge in [-0.3, -0.25) is 14.8 Å². The molecule has 0 bridgehead atoms. The van der Waals surface area contributed by atoms with E-state index in [2.05, 4.69) is 48.3 Å². The van der Waals surface area contributed by atoms with E-state index in [0.717, 1.165) is 17.0 Å². The maximum absolute atomic E-state index is 12.5. The zero-order chi connectivity index (χ0) is 19.0. The molecule has 2 heterocycles. The third kappa shape index (κ3) is 3.55. The summed E-state index contributed by atoms with van der Waals surface area (Å²) >= 11 is 1.43. The fourth-order valence-corrected chi connectivity index (χ4v) is 4.01. The lowest BCUT2D eigenvalue weighted by Crippen LogP contribution is -2.13. The van der Waals surface area contributed by atoms with Crippen molar-refractivity contribution in [2.45, 2.75) is 47.6 Å². The molecule has 0 saturated heterocycles. The van der Waals surface area contributed by atoms with E-state index in [4.69, 9.17) is 0 Å². The van der Waals surface area contributed by atoms with Crippen LogP contribution in [0.4, 0.5) is 5.13 Å². The van der Waals surface area contributed by atoms with E-state index < -0.39 is 0 Å². The van der Waals surface area contributed by atoms with Gasteiger partial charge in [0.2, 0.25) is 0 Å². The van der Waals surface area contributed by atoms with Crippen LogP contribution in [-0.2, 0) is 0 Å². The number of hydrogen-bond acceptors (Lipinski definition) is 4. The Balaban J connectivity index is 1.83. The van der Waals surface area contributed by atoms with E-state index in [0.29, 0.717) is 10.8 Å². The van der Waals surface area contributed by atoms with E-state index in [1.54, 1.807) is 6.07 Å². The van der Waals surface area contributed by atoms with Crippen molar-refractivity contribution in [3.8, 4) is 11.3 Å². The number of nitrogens with zero attached hydrogens (tertiary/aromatic N) is 3. The normalized spacial score (nSPS) is 11.2. The molecule has 1 aromatic carbocycles. The van der Waals surface area contributed by atoms with Crippen LogP contribution in [0.25, 0.3) is 11.3 Å². The first-order valence-corrected chi connectivity index (χ1v) is 9.55. The summed E-state index contributed by atoms with van der Waals surface area (Å²) < 4.78 is 1.85. The summed E-state index contributed by atoms with van der Waals surface area (Å²) in [6.07, 6.45) is 0. The molecule has 0 fully saturated rings. The Morgan fingerprint density at radius 2 is 1.77 bits per heavy atom. The summed E-state index contributed by atoms with van der Waals surface area (Å²) in [5, 5.41) is 9.83. The van der Waals surface area contributed by atoms with E-state index in [-0.39, 0.29) is 11.9 Å². The Kier molecular flexibility index (Phi) is 4.96. The van der Waals surface area contributed by atoms with Gasteiger partial charge in [0.15, 0.2) is 10.8 Å². The summed E-state index contributed by atoms with van der Waals surface area (Å²) in [7, 11) is 0. The van der Waals surface area contributed by atoms with Crippen LogP contribution in [0.1, 0.15) is 52.8 Å². The van der Waals surface area contributed by atoms with Crippen molar-refractivity contribution < 1.29 is 4.79 Å². The number of hydrogen-bond donors (Lipinski definition) is 1. The van der Waals surface area contributed by atoms with Crippen molar-refractivity contribution in [3.05, 3.63) is 51.7 Å². The van der Waals surface area contributed by atoms with Crippen LogP contribution in [0.2, 0.25) is 0 Å². The molecule has 0 spiro atoms. The minimum absolute atomic E-state index is 0.218. The molecule has 26 heavy (non-hydrogen) atoms. The third-order valence-corrected chi connectivity index (χ3v) is 5.06. The zero-order valence-corrected chi connectivity index (χ0v) is 16.9. The van der Waals surface area contributed by atoms with Gasteiger partial charge < -0.3 is 0 Å². The number of nitrogens with one attached hydrogen (secondary N) is 1. The van der Waals surface area contributed by atoms with Crippen LogP contribution in [0.3, 0.4) is 0 Å². The average Bonchev–Trinajstić information content (AvgIpc) is 3.13. The van der Waals surface area contributed by atoms with E-state index in [9.17, 15) is 4.79 Å². The predicted molar refractivity (Wildman–Crippen MR) is 107 cm³/mol. The molecule has 0 saturated carbocycles. The number of carbonyl (C=O) groups is 1. The highest BCUT2D eigenvalue weighted by Crippen LogP contribution is 2.31. The van der Waals surface area contributed by atoms with E-state index >= 15 is 0 Å². The van der Waals surface area contributed by atoms with E-state index in [1.165, 1.54) is 28.0 Å². The van der Waals surface area contributed by atoms with Crippen LogP contribution in [0, 0.1) is 27.7 Å². The van der Waals surface area contributed by atoms with Gasteiger partial charge in [-0.1, -0.05) is 17.7 Å². The summed E-state index contributed by atoms with van der Waals surface area (Å²) in [5.41, 5.74) is 7.03. The first kappa shape index (κ1) is 18.3. The lowest BCUT2D eigenvalue weighted by atomic mass is 9.98. The van der Waals surface area contributed by atoms with Crippen LogP contribution in [0.5, 0.6) is 0 Å². The van der Waals surface area contributed by atoms with Crippen LogP contribution >= 0.6 is 11.3 Å². The molecule has 0 aliphatic rings. The Labute approximate surface area is 158 Å². The molecular weight excluding hydrogens is 344 g/mol. The Hall–Kier alpha value is -2.47. The standard InChI is InChI=1S/C20H24N4OS/c1-11(2)24-15(6)9-16(23-24)19(25)22-20-21-17(10-26-20)18-13(4)7-12(3)8-14(18)5/h7-11H,1-6H3,(H,21,22,25). The van der Waals surface area contributed by atoms with Crippen LogP contribution in [-0.4, -0.2) is 20.7 Å². The molecule has 0 aliphatic heterocycles. The minimum Gasteiger partial charge on any atom is -0.296 e. The molecule has 1 amide bonds. The van der Waals surface area contributed by atoms with Crippen molar-refractivity contribution in [1.82, 2.24) is 14.8 Å². The van der Waals surface area contributed by atoms with Crippen molar-refractivity contribution in [2.75, 3.05) is 5.32 Å². The fraction of sp³-hybridized carbons (Fsp3) is 0.350. The predicted octanol–water partition coefficient (Wildman–Crippen LogP) is 5.07. The SMILES string of the molecule is Cc1cc(C)c(-c2csc(NC(=O)c3cc(C)n(C(C)C)n3)n2)c(C)c1. The Bertz CT molecular complexity index is 945. The van der Waals surface area contributed by atoms with Gasteiger partial charge in [-0.2, -0.15) is 5.10 Å². The molecule has 5 nitrogen and oxygen atoms in total. The van der Waals surface area contributed by atoms with Crippen molar-refractivity contribution >= 4 is 22.4 Å². The number of rotatable bonds is 4. The summed E-state index contributed by atoms with van der Waals surface area (Å²) in [6.45, 7) is 12.3. The first-order valence-electron chi connectivity index (χ1n) is 8.67. The number of benzene rings is 1. The van der Waals surface area contributed by atoms with Crippen molar-refractivity contribution in [2.24, 2.45) is 0 Å². The highest BCUT2D eigenvalue weighted by molar-refractivity contribution is 7.14. The Morgan fingerprint density at radius 1 is 1.12 bits per heavy atom. The van der Waals surface area contributed by atoms with Gasteiger partial charge in [0.1, 0.15) is 0 Å². The fourth-order valence-electron chi connectivity index (χ4n) is 3.31. The van der Waals surface area contributed by atoms with Crippen LogP contribution in [0.15, 0.2) is 23.6 Å². The summed E-state index contributed by atoms with van der Waals surface area (Å²) in [6, 6.07) is 6.33. The maximum atomic E-state index is 12.5. The van der Waals surface area contributed by atoms with Gasteiger partial charge in [0.05, 0.1) is 5.69 Å². The van der Waals surface area contributed by atoms with Gasteiger partial charge in [0, 0.05) is 22.7 Å². The lowest BCUT2D eigenvalue weighted by Gasteiger charge is -2.08. The van der Waals surface area contributed by atoms with Gasteiger partial charge in [0.25, 0.3) is 5.91 Å². The van der Waals surface area contributed by atoms with Gasteiger partial charge in [-0.25, -0.2) is 4.98 Å². The maximum Gasteiger partial charge on any atom is 0.277 e. The smallest absolute Gasteiger partial charge is 0.277 e. The molecule has 3 aromatic rings. The molecule has 2 aromatic heterocycles. The molecule has 0 radical (unpaired) electrons. The number of aromatic nitrogens is 3. The third-order valence-electron chi connectivity index (χ3n) is 4.30. The number of anilines is 1. The average molecular weight is 369 g/mol. The minimum atomic E-state index is -0.231. The van der Waals surface area contributed by atoms with Gasteiger partial charge in [-0.15, -0.1) is 11.3 Å². The second kappa shape index (κ2) is 7.03. The summed E-state index contributed by atoms with van der Waals surface area (Å²) in [4.78, 5) is 17.1. The van der Waals surface area contributed by atoms with Crippen LogP contribution < -0.4 is 5.32 Å². The highest BCUT2D eigenvalue weighted by atomic mass is 32.1. The number of carbonyl (C=O) groups excluding carboxylic acids is 1. The number of thiazole rings is 1. The largest absolute Gasteiger partial charge is 0.296 e. The van der Waals surface area contributed by atoms with Gasteiger partial charge in [-0.05, 0) is 58.7 Å². The van der Waals surface area contributed by atoms with Gasteiger partial charge >= 0.3 is 0 Å². The number of aryl methyl sites for hydroxylation is 4. The first-order chi connectivity index (χ1) is 12.3. The Morgan fingerprint density at radius 3 is 2.35 bits per heavy atom. The second-order valence-corrected chi connectivity index (χ2v) is 7.83. The molecule has 1 N–H and O–H groups in total. The van der Waals surface area contributed by atoms with E-state index in [1.807, 2.05) is 30.8 Å². The summed E-state index contributed by atoms with van der Waals surface area (Å²) in [5.74, 6) is -0.231. The van der Waals surface area contributed by atoms with Crippen molar-refractivity contribution in [3.63, 3.8) is 0 Å². The zero-order valence-electron chi connectivity index (χ0n) is 16.0. The second-order valence-electron chi connectivity index (χ2n) is 6.98. The number of amides is 1.